The van der Waals surface area contributed by atoms with E-state index in [-0.39, 0.29) is 24.0 Å². The topological polar surface area (TPSA) is 62.5 Å². The summed E-state index contributed by atoms with van der Waals surface area (Å²) in [6.07, 6.45) is -0.103. The van der Waals surface area contributed by atoms with Crippen molar-refractivity contribution in [2.24, 2.45) is 7.05 Å². The van der Waals surface area contributed by atoms with Crippen LogP contribution < -0.4 is 0 Å². The molecule has 0 aliphatic heterocycles. The van der Waals surface area contributed by atoms with Gasteiger partial charge in [0.1, 0.15) is 10.8 Å². The van der Waals surface area contributed by atoms with Crippen LogP contribution in [-0.2, 0) is 11.8 Å². The van der Waals surface area contributed by atoms with Gasteiger partial charge in [-0.05, 0) is 6.07 Å². The van der Waals surface area contributed by atoms with Gasteiger partial charge in [-0.15, -0.1) is 0 Å². The number of aliphatic carboxylic acids is 1. The first-order chi connectivity index (χ1) is 7.84. The third-order valence-corrected chi connectivity index (χ3v) is 3.19. The van der Waals surface area contributed by atoms with E-state index in [1.165, 1.54) is 22.6 Å². The van der Waals surface area contributed by atoms with Gasteiger partial charge in [0, 0.05) is 20.6 Å². The van der Waals surface area contributed by atoms with E-state index in [2.05, 4.69) is 0 Å². The lowest BCUT2D eigenvalue weighted by Gasteiger charge is -2.16. The minimum Gasteiger partial charge on any atom is -0.481 e. The monoisotopic (exact) mass is 278 g/mol. The molecule has 1 aromatic rings. The molecular formula is C10H12Cl2N2O3. The first-order valence-corrected chi connectivity index (χ1v) is 5.58. The van der Waals surface area contributed by atoms with Crippen molar-refractivity contribution < 1.29 is 14.7 Å². The van der Waals surface area contributed by atoms with Crippen LogP contribution in [0.3, 0.4) is 0 Å². The first-order valence-electron chi connectivity index (χ1n) is 4.82. The summed E-state index contributed by atoms with van der Waals surface area (Å²) < 4.78 is 1.46. The Bertz CT molecular complexity index is 457. The van der Waals surface area contributed by atoms with E-state index in [4.69, 9.17) is 28.3 Å². The number of hydrogen-bond donors (Lipinski definition) is 1. The molecule has 1 rings (SSSR count). The number of carbonyl (C=O) groups excluding carboxylic acids is 1. The highest BCUT2D eigenvalue weighted by Crippen LogP contribution is 2.25. The lowest BCUT2D eigenvalue weighted by atomic mass is 10.3. The van der Waals surface area contributed by atoms with E-state index in [1.54, 1.807) is 7.05 Å². The molecule has 5 nitrogen and oxygen atoms in total. The third-order valence-electron chi connectivity index (χ3n) is 2.34. The predicted molar refractivity (Wildman–Crippen MR) is 64.6 cm³/mol. The predicted octanol–water partition coefficient (Wildman–Crippen LogP) is 1.88. The fraction of sp³-hybridized carbons (Fsp3) is 0.400. The lowest BCUT2D eigenvalue weighted by Crippen LogP contribution is -2.30. The number of nitrogens with zero attached hydrogens (tertiary/aromatic N) is 2. The van der Waals surface area contributed by atoms with Crippen molar-refractivity contribution in [1.29, 1.82) is 0 Å². The second-order valence-electron chi connectivity index (χ2n) is 3.60. The highest BCUT2D eigenvalue weighted by Gasteiger charge is 2.19. The maximum absolute atomic E-state index is 11.9. The van der Waals surface area contributed by atoms with Gasteiger partial charge in [-0.25, -0.2) is 0 Å². The zero-order valence-electron chi connectivity index (χ0n) is 9.41. The van der Waals surface area contributed by atoms with Gasteiger partial charge in [-0.3, -0.25) is 9.59 Å². The van der Waals surface area contributed by atoms with Gasteiger partial charge in [0.15, 0.2) is 0 Å². The van der Waals surface area contributed by atoms with Gasteiger partial charge in [-0.2, -0.15) is 0 Å². The minimum absolute atomic E-state index is 0.103. The molecule has 0 aliphatic rings. The molecule has 0 bridgehead atoms. The van der Waals surface area contributed by atoms with Crippen LogP contribution in [0.2, 0.25) is 10.2 Å². The summed E-state index contributed by atoms with van der Waals surface area (Å²) >= 11 is 11.6. The molecule has 0 saturated heterocycles. The number of halogens is 2. The Balaban J connectivity index is 2.82. The van der Waals surface area contributed by atoms with Crippen LogP contribution >= 0.6 is 23.2 Å². The molecule has 0 saturated carbocycles. The maximum atomic E-state index is 11.9. The van der Waals surface area contributed by atoms with E-state index >= 15 is 0 Å². The molecule has 1 aromatic heterocycles. The fourth-order valence-electron chi connectivity index (χ4n) is 1.31. The largest absolute Gasteiger partial charge is 0.481 e. The normalized spacial score (nSPS) is 10.4. The van der Waals surface area contributed by atoms with Crippen molar-refractivity contribution in [3.05, 3.63) is 21.9 Å². The second-order valence-corrected chi connectivity index (χ2v) is 4.36. The van der Waals surface area contributed by atoms with Gasteiger partial charge in [0.05, 0.1) is 11.4 Å². The Labute approximate surface area is 109 Å². The quantitative estimate of drug-likeness (QED) is 0.915. The van der Waals surface area contributed by atoms with Crippen molar-refractivity contribution in [3.63, 3.8) is 0 Å². The number of carboxylic acids is 1. The molecule has 0 fully saturated rings. The molecule has 1 N–H and O–H groups in total. The molecule has 1 amide bonds. The first kappa shape index (κ1) is 13.9. The highest BCUT2D eigenvalue weighted by molar-refractivity contribution is 6.41. The zero-order valence-corrected chi connectivity index (χ0v) is 10.9. The molecule has 0 unspecified atom stereocenters. The van der Waals surface area contributed by atoms with E-state index < -0.39 is 5.97 Å². The van der Waals surface area contributed by atoms with Crippen LogP contribution in [-0.4, -0.2) is 40.0 Å². The maximum Gasteiger partial charge on any atom is 0.305 e. The molecule has 0 atom stereocenters. The van der Waals surface area contributed by atoms with E-state index in [0.717, 1.165) is 0 Å². The van der Waals surface area contributed by atoms with Gasteiger partial charge in [0.2, 0.25) is 0 Å². The van der Waals surface area contributed by atoms with E-state index in [0.29, 0.717) is 10.7 Å². The number of carboxylic acid groups (broad SMARTS) is 1. The average molecular weight is 279 g/mol. The number of carbonyl (C=O) groups is 2. The zero-order chi connectivity index (χ0) is 13.2. The second kappa shape index (κ2) is 5.42. The van der Waals surface area contributed by atoms with E-state index in [9.17, 15) is 9.59 Å². The smallest absolute Gasteiger partial charge is 0.305 e. The molecule has 0 aromatic carbocycles. The number of rotatable bonds is 4. The molecule has 7 heteroatoms. The van der Waals surface area contributed by atoms with Crippen molar-refractivity contribution in [3.8, 4) is 0 Å². The van der Waals surface area contributed by atoms with E-state index in [1.807, 2.05) is 0 Å². The van der Waals surface area contributed by atoms with Crippen molar-refractivity contribution in [2.75, 3.05) is 13.6 Å². The fourth-order valence-corrected chi connectivity index (χ4v) is 1.68. The number of hydrogen-bond acceptors (Lipinski definition) is 2. The average Bonchev–Trinajstić information content (AvgIpc) is 2.52. The molecule has 17 heavy (non-hydrogen) atoms. The van der Waals surface area contributed by atoms with Crippen LogP contribution in [0.15, 0.2) is 6.07 Å². The number of aromatic nitrogens is 1. The van der Waals surface area contributed by atoms with Gasteiger partial charge < -0.3 is 14.6 Å². The summed E-state index contributed by atoms with van der Waals surface area (Å²) in [5.74, 6) is -1.27. The molecule has 0 radical (unpaired) electrons. The molecule has 1 heterocycles. The standard InChI is InChI=1S/C10H12Cl2N2O3/c1-13(4-3-8(15)16)10(17)7-5-6(11)9(12)14(7)2/h5H,3-4H2,1-2H3,(H,15,16). The third kappa shape index (κ3) is 3.14. The van der Waals surface area contributed by atoms with Gasteiger partial charge in [0.25, 0.3) is 5.91 Å². The summed E-state index contributed by atoms with van der Waals surface area (Å²) in [6, 6.07) is 1.46. The number of amides is 1. The Hall–Kier alpha value is -1.20. The molecule has 94 valence electrons. The molecular weight excluding hydrogens is 267 g/mol. The van der Waals surface area contributed by atoms with Crippen LogP contribution in [0.5, 0.6) is 0 Å². The van der Waals surface area contributed by atoms with Crippen molar-refractivity contribution >= 4 is 35.1 Å². The van der Waals surface area contributed by atoms with Crippen molar-refractivity contribution in [2.45, 2.75) is 6.42 Å². The summed E-state index contributed by atoms with van der Waals surface area (Å²) in [6.45, 7) is 0.134. The Morgan fingerprint density at radius 2 is 2.06 bits per heavy atom. The van der Waals surface area contributed by atoms with Crippen LogP contribution in [0.4, 0.5) is 0 Å². The van der Waals surface area contributed by atoms with Crippen LogP contribution in [0.25, 0.3) is 0 Å². The summed E-state index contributed by atoms with van der Waals surface area (Å²) in [5, 5.41) is 9.11. The van der Waals surface area contributed by atoms with Gasteiger partial charge >= 0.3 is 5.97 Å². The molecule has 0 spiro atoms. The van der Waals surface area contributed by atoms with Gasteiger partial charge in [-0.1, -0.05) is 23.2 Å². The Morgan fingerprint density at radius 3 is 2.47 bits per heavy atom. The minimum atomic E-state index is -0.951. The molecule has 0 aliphatic carbocycles. The summed E-state index contributed by atoms with van der Waals surface area (Å²) in [5.41, 5.74) is 0.327. The highest BCUT2D eigenvalue weighted by atomic mass is 35.5. The van der Waals surface area contributed by atoms with Crippen LogP contribution in [0.1, 0.15) is 16.9 Å². The SMILES string of the molecule is CN(CCC(=O)O)C(=O)c1cc(Cl)c(Cl)n1C. The summed E-state index contributed by atoms with van der Waals surface area (Å²) in [7, 11) is 3.15. The Morgan fingerprint density at radius 1 is 1.47 bits per heavy atom. The lowest BCUT2D eigenvalue weighted by molar-refractivity contribution is -0.137. The summed E-state index contributed by atoms with van der Waals surface area (Å²) in [4.78, 5) is 23.7. The Kier molecular flexibility index (Phi) is 4.42. The van der Waals surface area contributed by atoms with Crippen molar-refractivity contribution in [1.82, 2.24) is 9.47 Å². The van der Waals surface area contributed by atoms with Crippen LogP contribution in [0, 0.1) is 0 Å².